The zero-order chi connectivity index (χ0) is 21.0. The second-order valence-corrected chi connectivity index (χ2v) is 9.43. The Morgan fingerprint density at radius 1 is 1.07 bits per heavy atom. The van der Waals surface area contributed by atoms with Gasteiger partial charge in [0.05, 0.1) is 17.7 Å². The summed E-state index contributed by atoms with van der Waals surface area (Å²) in [7, 11) is -0.728. The average Bonchev–Trinajstić information content (AvgIpc) is 2.74. The lowest BCUT2D eigenvalue weighted by molar-refractivity contribution is 0.0927. The highest BCUT2D eigenvalue weighted by Crippen LogP contribution is 2.28. The van der Waals surface area contributed by atoms with Gasteiger partial charge in [0.15, 0.2) is 0 Å². The first-order valence-corrected chi connectivity index (χ1v) is 11.3. The molecule has 0 bridgehead atoms. The van der Waals surface area contributed by atoms with Gasteiger partial charge < -0.3 is 10.1 Å². The molecule has 1 aliphatic carbocycles. The molecule has 0 atom stereocenters. The van der Waals surface area contributed by atoms with Gasteiger partial charge in [-0.1, -0.05) is 25.3 Å². The van der Waals surface area contributed by atoms with E-state index in [2.05, 4.69) is 5.32 Å². The van der Waals surface area contributed by atoms with Crippen molar-refractivity contribution in [1.29, 1.82) is 0 Å². The fourth-order valence-corrected chi connectivity index (χ4v) is 4.89. The van der Waals surface area contributed by atoms with Gasteiger partial charge in [0.1, 0.15) is 5.75 Å². The second-order valence-electron chi connectivity index (χ2n) is 7.46. The quantitative estimate of drug-likeness (QED) is 0.775. The molecule has 0 aromatic heterocycles. The summed E-state index contributed by atoms with van der Waals surface area (Å²) in [5.74, 6) is 0.428. The van der Waals surface area contributed by atoms with Crippen LogP contribution in [0, 0.1) is 6.92 Å². The molecule has 1 fully saturated rings. The first kappa shape index (κ1) is 21.2. The molecule has 0 radical (unpaired) electrons. The van der Waals surface area contributed by atoms with Crippen molar-refractivity contribution in [2.45, 2.75) is 50.0 Å². The molecule has 0 saturated heterocycles. The highest BCUT2D eigenvalue weighted by atomic mass is 32.2. The molecule has 3 rings (SSSR count). The van der Waals surface area contributed by atoms with Gasteiger partial charge in [-0.3, -0.25) is 9.10 Å². The van der Waals surface area contributed by atoms with Crippen LogP contribution in [-0.4, -0.2) is 34.5 Å². The van der Waals surface area contributed by atoms with E-state index < -0.39 is 10.0 Å². The van der Waals surface area contributed by atoms with Gasteiger partial charge in [-0.15, -0.1) is 0 Å². The molecule has 2 aromatic rings. The number of sulfonamides is 1. The Morgan fingerprint density at radius 2 is 1.72 bits per heavy atom. The Bertz CT molecular complexity index is 965. The van der Waals surface area contributed by atoms with Crippen LogP contribution in [-0.2, 0) is 10.0 Å². The van der Waals surface area contributed by atoms with E-state index in [4.69, 9.17) is 4.74 Å². The van der Waals surface area contributed by atoms with Gasteiger partial charge in [-0.25, -0.2) is 8.42 Å². The third-order valence-corrected chi connectivity index (χ3v) is 7.25. The molecule has 1 N–H and O–H groups in total. The number of amides is 1. The molecule has 0 unspecified atom stereocenters. The molecular weight excluding hydrogens is 388 g/mol. The predicted molar refractivity (Wildman–Crippen MR) is 114 cm³/mol. The smallest absolute Gasteiger partial charge is 0.264 e. The molecule has 0 aliphatic heterocycles. The highest BCUT2D eigenvalue weighted by Gasteiger charge is 2.24. The summed E-state index contributed by atoms with van der Waals surface area (Å²) in [6, 6.07) is 11.6. The number of rotatable bonds is 6. The minimum absolute atomic E-state index is 0.159. The van der Waals surface area contributed by atoms with Crippen molar-refractivity contribution in [3.8, 4) is 5.75 Å². The molecule has 1 amide bonds. The lowest BCUT2D eigenvalue weighted by Crippen LogP contribution is -2.36. The van der Waals surface area contributed by atoms with Gasteiger partial charge in [-0.05, 0) is 61.7 Å². The minimum Gasteiger partial charge on any atom is -0.497 e. The van der Waals surface area contributed by atoms with E-state index in [1.54, 1.807) is 30.3 Å². The summed E-state index contributed by atoms with van der Waals surface area (Å²) in [6.07, 6.45) is 5.47. The zero-order valence-corrected chi connectivity index (χ0v) is 18.0. The van der Waals surface area contributed by atoms with E-state index in [0.29, 0.717) is 17.0 Å². The molecule has 1 aliphatic rings. The van der Waals surface area contributed by atoms with E-state index in [1.165, 1.54) is 37.0 Å². The fraction of sp³-hybridized carbons (Fsp3) is 0.409. The lowest BCUT2D eigenvalue weighted by atomic mass is 9.95. The van der Waals surface area contributed by atoms with E-state index in [-0.39, 0.29) is 16.8 Å². The van der Waals surface area contributed by atoms with Gasteiger partial charge in [0, 0.05) is 18.7 Å². The summed E-state index contributed by atoms with van der Waals surface area (Å²) < 4.78 is 32.5. The normalized spacial score (nSPS) is 15.0. The third kappa shape index (κ3) is 4.72. The number of aryl methyl sites for hydroxylation is 1. The molecule has 6 nitrogen and oxygen atoms in total. The standard InChI is InChI=1S/C22H28N2O4S/c1-16-9-10-17(22(25)23-18-7-5-4-6-8-18)15-21(16)24(2)29(26,27)20-13-11-19(28-3)12-14-20/h9-15,18H,4-8H2,1-3H3,(H,23,25). The first-order valence-electron chi connectivity index (χ1n) is 9.87. The number of benzene rings is 2. The van der Waals surface area contributed by atoms with Crippen LogP contribution in [0.2, 0.25) is 0 Å². The van der Waals surface area contributed by atoms with Crippen LogP contribution < -0.4 is 14.4 Å². The number of hydrogen-bond donors (Lipinski definition) is 1. The number of hydrogen-bond acceptors (Lipinski definition) is 4. The highest BCUT2D eigenvalue weighted by molar-refractivity contribution is 7.92. The molecular formula is C22H28N2O4S. The van der Waals surface area contributed by atoms with Crippen LogP contribution in [0.3, 0.4) is 0 Å². The van der Waals surface area contributed by atoms with Gasteiger partial charge >= 0.3 is 0 Å². The maximum Gasteiger partial charge on any atom is 0.264 e. The van der Waals surface area contributed by atoms with Gasteiger partial charge in [-0.2, -0.15) is 0 Å². The second kappa shape index (κ2) is 8.86. The number of anilines is 1. The van der Waals surface area contributed by atoms with Crippen LogP contribution in [0.1, 0.15) is 48.0 Å². The van der Waals surface area contributed by atoms with Crippen LogP contribution in [0.4, 0.5) is 5.69 Å². The maximum absolute atomic E-state index is 13.1. The fourth-order valence-electron chi connectivity index (χ4n) is 3.64. The number of ether oxygens (including phenoxy) is 1. The molecule has 156 valence electrons. The Morgan fingerprint density at radius 3 is 2.34 bits per heavy atom. The van der Waals surface area contributed by atoms with Crippen LogP contribution in [0.5, 0.6) is 5.75 Å². The number of nitrogens with one attached hydrogen (secondary N) is 1. The molecule has 0 heterocycles. The zero-order valence-electron chi connectivity index (χ0n) is 17.1. The number of carbonyl (C=O) groups is 1. The van der Waals surface area contributed by atoms with Gasteiger partial charge in [0.2, 0.25) is 0 Å². The predicted octanol–water partition coefficient (Wildman–Crippen LogP) is 3.89. The lowest BCUT2D eigenvalue weighted by Gasteiger charge is -2.24. The van der Waals surface area contributed by atoms with E-state index in [9.17, 15) is 13.2 Å². The molecule has 0 spiro atoms. The molecule has 29 heavy (non-hydrogen) atoms. The Labute approximate surface area is 172 Å². The largest absolute Gasteiger partial charge is 0.497 e. The summed E-state index contributed by atoms with van der Waals surface area (Å²) in [6.45, 7) is 1.83. The van der Waals surface area contributed by atoms with Crippen LogP contribution >= 0.6 is 0 Å². The molecule has 7 heteroatoms. The van der Waals surface area contributed by atoms with Crippen molar-refractivity contribution in [3.05, 3.63) is 53.6 Å². The van der Waals surface area contributed by atoms with E-state index in [1.807, 2.05) is 6.92 Å². The van der Waals surface area contributed by atoms with E-state index >= 15 is 0 Å². The van der Waals surface area contributed by atoms with Crippen molar-refractivity contribution in [1.82, 2.24) is 5.32 Å². The van der Waals surface area contributed by atoms with Gasteiger partial charge in [0.25, 0.3) is 15.9 Å². The van der Waals surface area contributed by atoms with Crippen molar-refractivity contribution < 1.29 is 17.9 Å². The first-order chi connectivity index (χ1) is 13.8. The van der Waals surface area contributed by atoms with Crippen molar-refractivity contribution in [2.75, 3.05) is 18.5 Å². The number of methoxy groups -OCH3 is 1. The topological polar surface area (TPSA) is 75.7 Å². The third-order valence-electron chi connectivity index (χ3n) is 5.47. The molecule has 2 aromatic carbocycles. The summed E-state index contributed by atoms with van der Waals surface area (Å²) in [5, 5.41) is 3.08. The van der Waals surface area contributed by atoms with Crippen molar-refractivity contribution in [2.24, 2.45) is 0 Å². The van der Waals surface area contributed by atoms with E-state index in [0.717, 1.165) is 31.2 Å². The molecule has 1 saturated carbocycles. The monoisotopic (exact) mass is 416 g/mol. The Kier molecular flexibility index (Phi) is 6.47. The summed E-state index contributed by atoms with van der Waals surface area (Å²) in [5.41, 5.74) is 1.73. The Balaban J connectivity index is 1.84. The van der Waals surface area contributed by atoms with Crippen molar-refractivity contribution in [3.63, 3.8) is 0 Å². The van der Waals surface area contributed by atoms with Crippen molar-refractivity contribution >= 4 is 21.6 Å². The van der Waals surface area contributed by atoms with Crippen LogP contribution in [0.15, 0.2) is 47.4 Å². The number of nitrogens with zero attached hydrogens (tertiary/aromatic N) is 1. The van der Waals surface area contributed by atoms with Crippen LogP contribution in [0.25, 0.3) is 0 Å². The average molecular weight is 417 g/mol. The summed E-state index contributed by atoms with van der Waals surface area (Å²) >= 11 is 0. The summed E-state index contributed by atoms with van der Waals surface area (Å²) in [4.78, 5) is 12.9. The SMILES string of the molecule is COc1ccc(S(=O)(=O)N(C)c2cc(C(=O)NC3CCCCC3)ccc2C)cc1. The minimum atomic E-state index is -3.76. The number of carbonyl (C=O) groups excluding carboxylic acids is 1. The maximum atomic E-state index is 13.1. The Hall–Kier alpha value is -2.54.